The monoisotopic (exact) mass is 369 g/mol. The van der Waals surface area contributed by atoms with Gasteiger partial charge in [0.15, 0.2) is 11.6 Å². The molecule has 2 atom stereocenters. The molecule has 0 bridgehead atoms. The molecule has 0 N–H and O–H groups in total. The first-order chi connectivity index (χ1) is 11.1. The fourth-order valence-electron chi connectivity index (χ4n) is 3.41. The summed E-state index contributed by atoms with van der Waals surface area (Å²) in [5, 5.41) is 4.82. The molecular formula is C17H16BrN5. The third-order valence-corrected chi connectivity index (χ3v) is 5.46. The molecule has 0 radical (unpaired) electrons. The van der Waals surface area contributed by atoms with Crippen molar-refractivity contribution in [3.8, 4) is 17.1 Å². The molecular weight excluding hydrogens is 354 g/mol. The lowest BCUT2D eigenvalue weighted by Crippen LogP contribution is -2.06. The van der Waals surface area contributed by atoms with Crippen molar-refractivity contribution in [2.75, 3.05) is 0 Å². The van der Waals surface area contributed by atoms with E-state index in [1.54, 1.807) is 0 Å². The molecule has 2 unspecified atom stereocenters. The summed E-state index contributed by atoms with van der Waals surface area (Å²) >= 11 is 3.59. The molecule has 1 fully saturated rings. The summed E-state index contributed by atoms with van der Waals surface area (Å²) in [6.07, 6.45) is 3.10. The van der Waals surface area contributed by atoms with E-state index in [1.807, 2.05) is 11.0 Å². The summed E-state index contributed by atoms with van der Waals surface area (Å²) in [7, 11) is 0. The van der Waals surface area contributed by atoms with Gasteiger partial charge < -0.3 is 4.57 Å². The van der Waals surface area contributed by atoms with Gasteiger partial charge >= 0.3 is 0 Å². The second-order valence-corrected chi connectivity index (χ2v) is 7.49. The molecule has 1 aliphatic heterocycles. The summed E-state index contributed by atoms with van der Waals surface area (Å²) in [5.41, 5.74) is 4.43. The van der Waals surface area contributed by atoms with Crippen LogP contribution in [0.1, 0.15) is 36.5 Å². The van der Waals surface area contributed by atoms with E-state index in [2.05, 4.69) is 57.5 Å². The van der Waals surface area contributed by atoms with Gasteiger partial charge in [-0.15, -0.1) is 0 Å². The maximum atomic E-state index is 4.90. The molecule has 6 heteroatoms. The Kier molecular flexibility index (Phi) is 2.66. The zero-order chi connectivity index (χ0) is 15.7. The number of hydrogen-bond acceptors (Lipinski definition) is 3. The SMILES string of the molecule is Cc1ncn2c1Cn1nc(C3CC3C)nc1-c1cc(Br)ccc1-2. The molecule has 2 aliphatic rings. The third-order valence-electron chi connectivity index (χ3n) is 4.96. The standard InChI is InChI=1S/C17H16BrN5/c1-9-5-12(9)16-20-17-13-6-11(18)3-4-14(13)22-8-19-10(2)15(22)7-23(17)21-16/h3-4,6,8-9,12H,5,7H2,1-2H3. The van der Waals surface area contributed by atoms with Gasteiger partial charge in [0.1, 0.15) is 0 Å². The topological polar surface area (TPSA) is 48.5 Å². The van der Waals surface area contributed by atoms with Crippen molar-refractivity contribution in [1.29, 1.82) is 0 Å². The van der Waals surface area contributed by atoms with Crippen molar-refractivity contribution < 1.29 is 0 Å². The van der Waals surface area contributed by atoms with Crippen LogP contribution in [0.5, 0.6) is 0 Å². The van der Waals surface area contributed by atoms with Crippen molar-refractivity contribution in [2.45, 2.75) is 32.7 Å². The van der Waals surface area contributed by atoms with Crippen molar-refractivity contribution in [3.05, 3.63) is 46.2 Å². The van der Waals surface area contributed by atoms with E-state index >= 15 is 0 Å². The van der Waals surface area contributed by atoms with Crippen molar-refractivity contribution in [1.82, 2.24) is 24.3 Å². The lowest BCUT2D eigenvalue weighted by Gasteiger charge is -2.08. The second-order valence-electron chi connectivity index (χ2n) is 6.58. The molecule has 1 aliphatic carbocycles. The molecule has 116 valence electrons. The molecule has 0 spiro atoms. The number of aryl methyl sites for hydroxylation is 1. The van der Waals surface area contributed by atoms with Crippen molar-refractivity contribution >= 4 is 15.9 Å². The molecule has 3 aromatic rings. The van der Waals surface area contributed by atoms with E-state index in [0.29, 0.717) is 18.4 Å². The largest absolute Gasteiger partial charge is 0.300 e. The molecule has 5 nitrogen and oxygen atoms in total. The van der Waals surface area contributed by atoms with E-state index in [9.17, 15) is 0 Å². The lowest BCUT2D eigenvalue weighted by molar-refractivity contribution is 0.658. The first kappa shape index (κ1) is 13.5. The summed E-state index contributed by atoms with van der Waals surface area (Å²) in [5.74, 6) is 3.18. The normalized spacial score (nSPS) is 21.3. The highest BCUT2D eigenvalue weighted by molar-refractivity contribution is 9.10. The van der Waals surface area contributed by atoms with Gasteiger partial charge in [-0.25, -0.2) is 14.6 Å². The highest BCUT2D eigenvalue weighted by atomic mass is 79.9. The van der Waals surface area contributed by atoms with Crippen molar-refractivity contribution in [2.24, 2.45) is 5.92 Å². The van der Waals surface area contributed by atoms with Crippen LogP contribution in [-0.4, -0.2) is 24.3 Å². The molecule has 5 rings (SSSR count). The van der Waals surface area contributed by atoms with Crippen LogP contribution in [0.4, 0.5) is 0 Å². The average Bonchev–Trinajstić information content (AvgIpc) is 2.99. The molecule has 1 aromatic carbocycles. The van der Waals surface area contributed by atoms with Crippen LogP contribution in [0.2, 0.25) is 0 Å². The molecule has 2 aromatic heterocycles. The first-order valence-electron chi connectivity index (χ1n) is 7.89. The van der Waals surface area contributed by atoms with Gasteiger partial charge in [-0.05, 0) is 37.5 Å². The van der Waals surface area contributed by atoms with Crippen LogP contribution in [-0.2, 0) is 6.54 Å². The first-order valence-corrected chi connectivity index (χ1v) is 8.69. The number of nitrogens with zero attached hydrogens (tertiary/aromatic N) is 5. The van der Waals surface area contributed by atoms with Gasteiger partial charge in [-0.2, -0.15) is 5.10 Å². The second kappa shape index (κ2) is 4.54. The van der Waals surface area contributed by atoms with Gasteiger partial charge in [-0.1, -0.05) is 22.9 Å². The number of rotatable bonds is 1. The highest BCUT2D eigenvalue weighted by Gasteiger charge is 2.38. The Morgan fingerprint density at radius 2 is 2.13 bits per heavy atom. The number of aromatic nitrogens is 5. The number of benzene rings is 1. The third kappa shape index (κ3) is 1.94. The molecule has 23 heavy (non-hydrogen) atoms. The lowest BCUT2D eigenvalue weighted by atomic mass is 10.1. The van der Waals surface area contributed by atoms with E-state index in [-0.39, 0.29) is 0 Å². The highest BCUT2D eigenvalue weighted by Crippen LogP contribution is 2.46. The van der Waals surface area contributed by atoms with E-state index in [4.69, 9.17) is 10.1 Å². The Bertz CT molecular complexity index is 939. The Labute approximate surface area is 142 Å². The fourth-order valence-corrected chi connectivity index (χ4v) is 3.77. The Morgan fingerprint density at radius 3 is 2.91 bits per heavy atom. The Balaban J connectivity index is 1.78. The minimum atomic E-state index is 0.524. The molecule has 0 saturated heterocycles. The number of halogens is 1. The summed E-state index contributed by atoms with van der Waals surface area (Å²) in [6.45, 7) is 5.03. The molecule has 0 amide bonds. The van der Waals surface area contributed by atoms with Gasteiger partial charge in [0.25, 0.3) is 0 Å². The van der Waals surface area contributed by atoms with Crippen LogP contribution in [0.25, 0.3) is 17.1 Å². The average molecular weight is 370 g/mol. The van der Waals surface area contributed by atoms with Gasteiger partial charge in [0.2, 0.25) is 0 Å². The van der Waals surface area contributed by atoms with Gasteiger partial charge in [0.05, 0.1) is 29.9 Å². The Hall–Kier alpha value is -1.95. The molecule has 1 saturated carbocycles. The summed E-state index contributed by atoms with van der Waals surface area (Å²) in [6, 6.07) is 6.31. The zero-order valence-electron chi connectivity index (χ0n) is 13.0. The maximum Gasteiger partial charge on any atom is 0.160 e. The van der Waals surface area contributed by atoms with Crippen molar-refractivity contribution in [3.63, 3.8) is 0 Å². The number of imidazole rings is 1. The van der Waals surface area contributed by atoms with E-state index < -0.39 is 0 Å². The van der Waals surface area contributed by atoms with Crippen LogP contribution in [0, 0.1) is 12.8 Å². The summed E-state index contributed by atoms with van der Waals surface area (Å²) < 4.78 is 5.25. The van der Waals surface area contributed by atoms with Gasteiger partial charge in [-0.3, -0.25) is 0 Å². The predicted molar refractivity (Wildman–Crippen MR) is 90.6 cm³/mol. The minimum absolute atomic E-state index is 0.524. The minimum Gasteiger partial charge on any atom is -0.300 e. The predicted octanol–water partition coefficient (Wildman–Crippen LogP) is 3.69. The number of hydrogen-bond donors (Lipinski definition) is 0. The zero-order valence-corrected chi connectivity index (χ0v) is 14.6. The maximum absolute atomic E-state index is 4.90. The smallest absolute Gasteiger partial charge is 0.160 e. The summed E-state index contributed by atoms with van der Waals surface area (Å²) in [4.78, 5) is 9.39. The fraction of sp³-hybridized carbons (Fsp3) is 0.353. The van der Waals surface area contributed by atoms with Crippen LogP contribution >= 0.6 is 15.9 Å². The molecule has 3 heterocycles. The van der Waals surface area contributed by atoms with Gasteiger partial charge in [0, 0.05) is 16.0 Å². The van der Waals surface area contributed by atoms with Crippen LogP contribution < -0.4 is 0 Å². The van der Waals surface area contributed by atoms with Crippen LogP contribution in [0.3, 0.4) is 0 Å². The Morgan fingerprint density at radius 1 is 1.30 bits per heavy atom. The van der Waals surface area contributed by atoms with Crippen LogP contribution in [0.15, 0.2) is 29.0 Å². The van der Waals surface area contributed by atoms with E-state index in [0.717, 1.165) is 33.1 Å². The van der Waals surface area contributed by atoms with E-state index in [1.165, 1.54) is 12.1 Å². The number of fused-ring (bicyclic) bond motifs is 5. The quantitative estimate of drug-likeness (QED) is 0.514.